The molecule has 1 N–H and O–H groups in total. The molecule has 1 unspecified atom stereocenters. The van der Waals surface area contributed by atoms with E-state index in [2.05, 4.69) is 0 Å². The number of fused-ring (bicyclic) bond motifs is 1. The second kappa shape index (κ2) is 6.67. The third-order valence-corrected chi connectivity index (χ3v) is 4.01. The van der Waals surface area contributed by atoms with E-state index < -0.39 is 0 Å². The second-order valence-corrected chi connectivity index (χ2v) is 5.50. The van der Waals surface area contributed by atoms with E-state index >= 15 is 0 Å². The van der Waals surface area contributed by atoms with Crippen molar-refractivity contribution in [2.24, 2.45) is 0 Å². The molecule has 23 heavy (non-hydrogen) atoms. The molecule has 3 rings (SSSR count). The van der Waals surface area contributed by atoms with Gasteiger partial charge in [-0.3, -0.25) is 4.79 Å². The summed E-state index contributed by atoms with van der Waals surface area (Å²) >= 11 is 0. The van der Waals surface area contributed by atoms with Gasteiger partial charge in [-0.25, -0.2) is 0 Å². The number of carbonyl (C=O) groups is 1. The van der Waals surface area contributed by atoms with Crippen molar-refractivity contribution in [3.05, 3.63) is 72.0 Å². The molecule has 0 radical (unpaired) electrons. The van der Waals surface area contributed by atoms with Gasteiger partial charge in [0.2, 0.25) is 0 Å². The van der Waals surface area contributed by atoms with Crippen LogP contribution in [0.15, 0.2) is 65.1 Å². The predicted octanol–water partition coefficient (Wildman–Crippen LogP) is 3.63. The Balaban J connectivity index is 1.89. The van der Waals surface area contributed by atoms with Crippen LogP contribution in [0.2, 0.25) is 0 Å². The maximum atomic E-state index is 12.8. The molecule has 0 aliphatic carbocycles. The van der Waals surface area contributed by atoms with Gasteiger partial charge >= 0.3 is 0 Å². The van der Waals surface area contributed by atoms with Crippen molar-refractivity contribution in [2.45, 2.75) is 12.5 Å². The summed E-state index contributed by atoms with van der Waals surface area (Å²) in [5.74, 6) is 0.121. The highest BCUT2D eigenvalue weighted by molar-refractivity contribution is 5.96. The minimum Gasteiger partial charge on any atom is -0.451 e. The van der Waals surface area contributed by atoms with E-state index in [0.29, 0.717) is 17.8 Å². The van der Waals surface area contributed by atoms with Crippen LogP contribution in [0.1, 0.15) is 28.6 Å². The van der Waals surface area contributed by atoms with Crippen LogP contribution < -0.4 is 0 Å². The van der Waals surface area contributed by atoms with Crippen molar-refractivity contribution in [2.75, 3.05) is 13.7 Å². The van der Waals surface area contributed by atoms with Crippen molar-refractivity contribution in [3.8, 4) is 0 Å². The average molecular weight is 309 g/mol. The fourth-order valence-corrected chi connectivity index (χ4v) is 2.78. The molecule has 2 aromatic carbocycles. The molecule has 0 bridgehead atoms. The number of aliphatic hydroxyl groups excluding tert-OH is 1. The summed E-state index contributed by atoms with van der Waals surface area (Å²) in [4.78, 5) is 14.4. The molecule has 0 spiro atoms. The van der Waals surface area contributed by atoms with Gasteiger partial charge in [0, 0.05) is 19.0 Å². The van der Waals surface area contributed by atoms with Crippen LogP contribution in [0.25, 0.3) is 11.0 Å². The number of hydrogen-bond donors (Lipinski definition) is 1. The number of amides is 1. The summed E-state index contributed by atoms with van der Waals surface area (Å²) in [6.45, 7) is 0.0112. The summed E-state index contributed by atoms with van der Waals surface area (Å²) in [6, 6.07) is 18.8. The van der Waals surface area contributed by atoms with Crippen LogP contribution in [0.4, 0.5) is 0 Å². The molecule has 0 aliphatic heterocycles. The number of benzene rings is 2. The van der Waals surface area contributed by atoms with Crippen molar-refractivity contribution in [1.82, 2.24) is 4.90 Å². The summed E-state index contributed by atoms with van der Waals surface area (Å²) in [5.41, 5.74) is 1.69. The molecule has 1 atom stereocenters. The van der Waals surface area contributed by atoms with Gasteiger partial charge in [-0.2, -0.15) is 0 Å². The standard InChI is InChI=1S/C19H19NO3/c1-20(16(11-12-21)14-7-3-2-4-8-14)19(22)18-13-15-9-5-6-10-17(15)23-18/h2-10,13,16,21H,11-12H2,1H3. The molecule has 3 aromatic rings. The maximum absolute atomic E-state index is 12.8. The lowest BCUT2D eigenvalue weighted by atomic mass is 10.0. The maximum Gasteiger partial charge on any atom is 0.289 e. The highest BCUT2D eigenvalue weighted by Crippen LogP contribution is 2.26. The minimum atomic E-state index is -0.193. The first-order valence-corrected chi connectivity index (χ1v) is 7.62. The molecule has 4 heteroatoms. The van der Waals surface area contributed by atoms with E-state index in [4.69, 9.17) is 4.42 Å². The Labute approximate surface area is 135 Å². The van der Waals surface area contributed by atoms with Gasteiger partial charge in [-0.1, -0.05) is 48.5 Å². The van der Waals surface area contributed by atoms with Crippen molar-refractivity contribution in [3.63, 3.8) is 0 Å². The van der Waals surface area contributed by atoms with E-state index in [1.165, 1.54) is 0 Å². The quantitative estimate of drug-likeness (QED) is 0.783. The number of nitrogens with zero attached hydrogens (tertiary/aromatic N) is 1. The molecule has 1 heterocycles. The number of aliphatic hydroxyl groups is 1. The summed E-state index contributed by atoms with van der Waals surface area (Å²) in [6.07, 6.45) is 0.479. The van der Waals surface area contributed by atoms with Gasteiger partial charge in [-0.05, 0) is 24.1 Å². The normalized spacial score (nSPS) is 12.3. The van der Waals surface area contributed by atoms with Gasteiger partial charge in [-0.15, -0.1) is 0 Å². The van der Waals surface area contributed by atoms with Gasteiger partial charge in [0.1, 0.15) is 5.58 Å². The monoisotopic (exact) mass is 309 g/mol. The molecule has 118 valence electrons. The van der Waals surface area contributed by atoms with E-state index in [1.807, 2.05) is 54.6 Å². The zero-order chi connectivity index (χ0) is 16.2. The molecular weight excluding hydrogens is 290 g/mol. The lowest BCUT2D eigenvalue weighted by Gasteiger charge is -2.27. The summed E-state index contributed by atoms with van der Waals surface area (Å²) in [7, 11) is 1.74. The number of rotatable bonds is 5. The van der Waals surface area contributed by atoms with E-state index in [9.17, 15) is 9.90 Å². The van der Waals surface area contributed by atoms with Crippen LogP contribution in [0.5, 0.6) is 0 Å². The summed E-state index contributed by atoms with van der Waals surface area (Å²) < 4.78 is 5.66. The first-order chi connectivity index (χ1) is 11.2. The van der Waals surface area contributed by atoms with Gasteiger partial charge in [0.05, 0.1) is 6.04 Å². The lowest BCUT2D eigenvalue weighted by molar-refractivity contribution is 0.0675. The molecule has 0 saturated heterocycles. The molecule has 4 nitrogen and oxygen atoms in total. The second-order valence-electron chi connectivity index (χ2n) is 5.50. The minimum absolute atomic E-state index is 0.0112. The van der Waals surface area contributed by atoms with Gasteiger partial charge in [0.25, 0.3) is 5.91 Å². The fourth-order valence-electron chi connectivity index (χ4n) is 2.78. The Kier molecular flexibility index (Phi) is 4.44. The molecule has 0 saturated carbocycles. The van der Waals surface area contributed by atoms with Gasteiger partial charge < -0.3 is 14.4 Å². The highest BCUT2D eigenvalue weighted by Gasteiger charge is 2.24. The highest BCUT2D eigenvalue weighted by atomic mass is 16.3. The largest absolute Gasteiger partial charge is 0.451 e. The van der Waals surface area contributed by atoms with Crippen LogP contribution >= 0.6 is 0 Å². The Morgan fingerprint density at radius 1 is 1.13 bits per heavy atom. The number of carbonyl (C=O) groups excluding carboxylic acids is 1. The number of para-hydroxylation sites is 1. The average Bonchev–Trinajstić information content (AvgIpc) is 3.03. The zero-order valence-corrected chi connectivity index (χ0v) is 13.0. The van der Waals surface area contributed by atoms with E-state index in [1.54, 1.807) is 18.0 Å². The Bertz CT molecular complexity index is 761. The number of hydrogen-bond acceptors (Lipinski definition) is 3. The first-order valence-electron chi connectivity index (χ1n) is 7.62. The number of furan rings is 1. The molecule has 0 fully saturated rings. The van der Waals surface area contributed by atoms with Crippen molar-refractivity contribution < 1.29 is 14.3 Å². The first kappa shape index (κ1) is 15.3. The van der Waals surface area contributed by atoms with E-state index in [-0.39, 0.29) is 18.6 Å². The van der Waals surface area contributed by atoms with Crippen LogP contribution in [-0.4, -0.2) is 29.6 Å². The predicted molar refractivity (Wildman–Crippen MR) is 89.2 cm³/mol. The Morgan fingerprint density at radius 2 is 1.83 bits per heavy atom. The molecule has 1 aromatic heterocycles. The van der Waals surface area contributed by atoms with Crippen LogP contribution in [0, 0.1) is 0 Å². The van der Waals surface area contributed by atoms with Crippen LogP contribution in [-0.2, 0) is 0 Å². The fraction of sp³-hybridized carbons (Fsp3) is 0.211. The molecule has 1 amide bonds. The Hall–Kier alpha value is -2.59. The van der Waals surface area contributed by atoms with Gasteiger partial charge in [0.15, 0.2) is 5.76 Å². The smallest absolute Gasteiger partial charge is 0.289 e. The summed E-state index contributed by atoms with van der Waals surface area (Å²) in [5, 5.41) is 10.3. The third-order valence-electron chi connectivity index (χ3n) is 4.01. The van der Waals surface area contributed by atoms with Crippen molar-refractivity contribution in [1.29, 1.82) is 0 Å². The zero-order valence-electron chi connectivity index (χ0n) is 13.0. The van der Waals surface area contributed by atoms with Crippen LogP contribution in [0.3, 0.4) is 0 Å². The topological polar surface area (TPSA) is 53.7 Å². The van der Waals surface area contributed by atoms with Crippen molar-refractivity contribution >= 4 is 16.9 Å². The Morgan fingerprint density at radius 3 is 2.52 bits per heavy atom. The lowest BCUT2D eigenvalue weighted by Crippen LogP contribution is -2.31. The SMILES string of the molecule is CN(C(=O)c1cc2ccccc2o1)C(CCO)c1ccccc1. The van der Waals surface area contributed by atoms with E-state index in [0.717, 1.165) is 10.9 Å². The molecular formula is C19H19NO3. The third kappa shape index (κ3) is 3.12. The molecule has 0 aliphatic rings.